The summed E-state index contributed by atoms with van der Waals surface area (Å²) >= 11 is 0. The Morgan fingerprint density at radius 1 is 1.31 bits per heavy atom. The van der Waals surface area contributed by atoms with E-state index < -0.39 is 9.84 Å². The van der Waals surface area contributed by atoms with Crippen molar-refractivity contribution in [3.05, 3.63) is 40.8 Å². The lowest BCUT2D eigenvalue weighted by Crippen LogP contribution is -2.21. The Kier molecular flexibility index (Phi) is 2.76. The van der Waals surface area contributed by atoms with E-state index in [4.69, 9.17) is 0 Å². The average Bonchev–Trinajstić information content (AvgIpc) is 2.52. The van der Waals surface area contributed by atoms with E-state index in [-0.39, 0.29) is 11.8 Å². The number of aryl methyl sites for hydroxylation is 2. The van der Waals surface area contributed by atoms with Crippen LogP contribution in [0.25, 0.3) is 0 Å². The smallest absolute Gasteiger partial charge is 0.173 e. The number of hydrogen-bond acceptors (Lipinski definition) is 3. The largest absolute Gasteiger partial charge is 0.378 e. The lowest BCUT2D eigenvalue weighted by Gasteiger charge is -2.14. The Bertz CT molecular complexity index is 532. The van der Waals surface area contributed by atoms with Gasteiger partial charge in [-0.1, -0.05) is 18.2 Å². The average molecular weight is 237 g/mol. The van der Waals surface area contributed by atoms with Crippen LogP contribution < -0.4 is 5.32 Å². The van der Waals surface area contributed by atoms with Crippen molar-refractivity contribution in [2.45, 2.75) is 19.9 Å². The Labute approximate surface area is 96.1 Å². The van der Waals surface area contributed by atoms with Crippen molar-refractivity contribution < 1.29 is 8.42 Å². The van der Waals surface area contributed by atoms with Gasteiger partial charge in [-0.3, -0.25) is 0 Å². The highest BCUT2D eigenvalue weighted by atomic mass is 32.2. The zero-order valence-corrected chi connectivity index (χ0v) is 10.2. The topological polar surface area (TPSA) is 46.2 Å². The van der Waals surface area contributed by atoms with Gasteiger partial charge in [-0.05, 0) is 31.0 Å². The number of nitrogens with one attached hydrogen (secondary N) is 1. The number of rotatable bonds is 2. The fraction of sp³-hybridized carbons (Fsp3) is 0.333. The molecule has 0 spiro atoms. The first-order valence-corrected chi connectivity index (χ1v) is 6.92. The van der Waals surface area contributed by atoms with Crippen molar-refractivity contribution in [1.29, 1.82) is 0 Å². The van der Waals surface area contributed by atoms with Crippen LogP contribution in [0.3, 0.4) is 0 Å². The zero-order valence-electron chi connectivity index (χ0n) is 9.40. The first-order chi connectivity index (χ1) is 7.46. The molecule has 0 amide bonds. The van der Waals surface area contributed by atoms with Crippen LogP contribution in [0.5, 0.6) is 0 Å². The van der Waals surface area contributed by atoms with E-state index >= 15 is 0 Å². The Hall–Kier alpha value is -1.29. The van der Waals surface area contributed by atoms with Gasteiger partial charge in [0.2, 0.25) is 0 Å². The van der Waals surface area contributed by atoms with E-state index in [2.05, 4.69) is 5.32 Å². The van der Waals surface area contributed by atoms with Crippen LogP contribution in [-0.2, 0) is 9.84 Å². The maximum atomic E-state index is 11.3. The van der Waals surface area contributed by atoms with Crippen LogP contribution in [-0.4, -0.2) is 20.2 Å². The summed E-state index contributed by atoms with van der Waals surface area (Å²) in [5.74, 6) is 0.153. The molecule has 2 rings (SSSR count). The van der Waals surface area contributed by atoms with Gasteiger partial charge in [-0.2, -0.15) is 0 Å². The maximum Gasteiger partial charge on any atom is 0.173 e. The van der Waals surface area contributed by atoms with Crippen molar-refractivity contribution in [1.82, 2.24) is 0 Å². The molecule has 0 unspecified atom stereocenters. The predicted octanol–water partition coefficient (Wildman–Crippen LogP) is 2.03. The van der Waals surface area contributed by atoms with Crippen molar-refractivity contribution in [3.8, 4) is 0 Å². The quantitative estimate of drug-likeness (QED) is 0.856. The first kappa shape index (κ1) is 11.2. The van der Waals surface area contributed by atoms with E-state index in [1.807, 2.05) is 32.0 Å². The summed E-state index contributed by atoms with van der Waals surface area (Å²) in [5, 5.41) is 4.53. The molecule has 1 aliphatic heterocycles. The molecule has 0 bridgehead atoms. The van der Waals surface area contributed by atoms with Crippen molar-refractivity contribution in [2.24, 2.45) is 0 Å². The van der Waals surface area contributed by atoms with E-state index in [1.165, 1.54) is 5.41 Å². The Morgan fingerprint density at radius 3 is 2.69 bits per heavy atom. The van der Waals surface area contributed by atoms with E-state index in [0.29, 0.717) is 0 Å². The van der Waals surface area contributed by atoms with Gasteiger partial charge in [0.1, 0.15) is 0 Å². The van der Waals surface area contributed by atoms with Gasteiger partial charge in [0.05, 0.1) is 11.8 Å². The van der Waals surface area contributed by atoms with Crippen LogP contribution in [0.4, 0.5) is 5.69 Å². The SMILES string of the molecule is Cc1ccc(C)c(N[C@@H]2C=CS(=O)(=O)C2)c1. The number of hydrogen-bond donors (Lipinski definition) is 1. The van der Waals surface area contributed by atoms with Crippen molar-refractivity contribution >= 4 is 15.5 Å². The third-order valence-electron chi connectivity index (χ3n) is 2.66. The highest BCUT2D eigenvalue weighted by molar-refractivity contribution is 7.94. The molecule has 1 heterocycles. The summed E-state index contributed by atoms with van der Waals surface area (Å²) < 4.78 is 22.5. The van der Waals surface area contributed by atoms with Crippen LogP contribution in [0.1, 0.15) is 11.1 Å². The van der Waals surface area contributed by atoms with Crippen LogP contribution >= 0.6 is 0 Å². The van der Waals surface area contributed by atoms with Crippen LogP contribution in [0, 0.1) is 13.8 Å². The molecular formula is C12H15NO2S. The maximum absolute atomic E-state index is 11.3. The summed E-state index contributed by atoms with van der Waals surface area (Å²) in [6.45, 7) is 4.03. The highest BCUT2D eigenvalue weighted by Gasteiger charge is 2.21. The molecule has 0 aliphatic carbocycles. The number of benzene rings is 1. The van der Waals surface area contributed by atoms with E-state index in [0.717, 1.165) is 16.8 Å². The third kappa shape index (κ3) is 2.44. The van der Waals surface area contributed by atoms with Gasteiger partial charge in [-0.15, -0.1) is 0 Å². The molecule has 1 atom stereocenters. The molecule has 0 aromatic heterocycles. The molecular weight excluding hydrogens is 222 g/mol. The molecule has 4 heteroatoms. The molecule has 16 heavy (non-hydrogen) atoms. The second kappa shape index (κ2) is 3.94. The summed E-state index contributed by atoms with van der Waals surface area (Å²) in [4.78, 5) is 0. The van der Waals surface area contributed by atoms with Crippen LogP contribution in [0.15, 0.2) is 29.7 Å². The second-order valence-electron chi connectivity index (χ2n) is 4.23. The monoisotopic (exact) mass is 237 g/mol. The fourth-order valence-corrected chi connectivity index (χ4v) is 2.99. The summed E-state index contributed by atoms with van der Waals surface area (Å²) in [6, 6.07) is 6.01. The molecule has 3 nitrogen and oxygen atoms in total. The summed E-state index contributed by atoms with van der Waals surface area (Å²) in [6.07, 6.45) is 1.71. The summed E-state index contributed by atoms with van der Waals surface area (Å²) in [5.41, 5.74) is 3.30. The standard InChI is InChI=1S/C12H15NO2S/c1-9-3-4-10(2)12(7-9)13-11-5-6-16(14,15)8-11/h3-7,11,13H,8H2,1-2H3/t11-/m1/s1. The molecule has 1 aromatic carbocycles. The fourth-order valence-electron chi connectivity index (χ4n) is 1.76. The van der Waals surface area contributed by atoms with Gasteiger partial charge < -0.3 is 5.32 Å². The molecule has 1 N–H and O–H groups in total. The van der Waals surface area contributed by atoms with Gasteiger partial charge >= 0.3 is 0 Å². The van der Waals surface area contributed by atoms with E-state index in [9.17, 15) is 8.42 Å². The minimum Gasteiger partial charge on any atom is -0.378 e. The van der Waals surface area contributed by atoms with E-state index in [1.54, 1.807) is 6.08 Å². The van der Waals surface area contributed by atoms with Crippen molar-refractivity contribution in [3.63, 3.8) is 0 Å². The lowest BCUT2D eigenvalue weighted by atomic mass is 10.1. The van der Waals surface area contributed by atoms with Crippen LogP contribution in [0.2, 0.25) is 0 Å². The van der Waals surface area contributed by atoms with Gasteiger partial charge in [0.25, 0.3) is 0 Å². The first-order valence-electron chi connectivity index (χ1n) is 5.21. The minimum absolute atomic E-state index is 0.106. The lowest BCUT2D eigenvalue weighted by molar-refractivity contribution is 0.605. The second-order valence-corrected chi connectivity index (χ2v) is 6.16. The molecule has 0 saturated carbocycles. The summed E-state index contributed by atoms with van der Waals surface area (Å²) in [7, 11) is -2.98. The normalized spacial score (nSPS) is 22.2. The molecule has 0 radical (unpaired) electrons. The third-order valence-corrected chi connectivity index (χ3v) is 4.06. The molecule has 1 aromatic rings. The minimum atomic E-state index is -2.98. The molecule has 0 fully saturated rings. The highest BCUT2D eigenvalue weighted by Crippen LogP contribution is 2.20. The predicted molar refractivity (Wildman–Crippen MR) is 66.3 cm³/mol. The van der Waals surface area contributed by atoms with Gasteiger partial charge in [0, 0.05) is 11.1 Å². The Morgan fingerprint density at radius 2 is 2.06 bits per heavy atom. The molecule has 86 valence electrons. The van der Waals surface area contributed by atoms with Crippen molar-refractivity contribution in [2.75, 3.05) is 11.1 Å². The molecule has 1 aliphatic rings. The van der Waals surface area contributed by atoms with Gasteiger partial charge in [0.15, 0.2) is 9.84 Å². The Balaban J connectivity index is 2.17. The molecule has 0 saturated heterocycles. The number of anilines is 1. The zero-order chi connectivity index (χ0) is 11.8. The van der Waals surface area contributed by atoms with Gasteiger partial charge in [-0.25, -0.2) is 8.42 Å². The number of sulfone groups is 1.